The van der Waals surface area contributed by atoms with E-state index in [1.54, 1.807) is 47.8 Å². The lowest BCUT2D eigenvalue weighted by atomic mass is 10.3. The first-order chi connectivity index (χ1) is 13.0. The van der Waals surface area contributed by atoms with Gasteiger partial charge in [-0.15, -0.1) is 11.3 Å². The molecule has 1 N–H and O–H groups in total. The number of nitrogens with zero attached hydrogens (tertiary/aromatic N) is 2. The molecule has 1 amide bonds. The highest BCUT2D eigenvalue weighted by Crippen LogP contribution is 2.26. The van der Waals surface area contributed by atoms with Crippen LogP contribution in [0.3, 0.4) is 0 Å². The van der Waals surface area contributed by atoms with Crippen LogP contribution in [0, 0.1) is 0 Å². The highest BCUT2D eigenvalue weighted by molar-refractivity contribution is 7.93. The summed E-state index contributed by atoms with van der Waals surface area (Å²) in [6, 6.07) is 14.8. The molecule has 0 bridgehead atoms. The Labute approximate surface area is 161 Å². The topological polar surface area (TPSA) is 88.6 Å². The number of ether oxygens (including phenoxy) is 1. The Bertz CT molecular complexity index is 1010. The van der Waals surface area contributed by atoms with E-state index in [0.717, 1.165) is 15.6 Å². The van der Waals surface area contributed by atoms with E-state index in [1.807, 2.05) is 0 Å². The summed E-state index contributed by atoms with van der Waals surface area (Å²) in [4.78, 5) is 16.7. The number of hydrogen-bond acceptors (Lipinski definition) is 6. The van der Waals surface area contributed by atoms with E-state index in [-0.39, 0.29) is 10.0 Å². The molecule has 3 aromatic rings. The van der Waals surface area contributed by atoms with E-state index >= 15 is 0 Å². The number of nitrogens with one attached hydrogen (secondary N) is 1. The van der Waals surface area contributed by atoms with Crippen LogP contribution in [0.15, 0.2) is 71.1 Å². The quantitative estimate of drug-likeness (QED) is 0.655. The number of carbonyl (C=O) groups excluding carboxylic acids is 1. The number of para-hydroxylation sites is 2. The average Bonchev–Trinajstić information content (AvgIpc) is 3.21. The van der Waals surface area contributed by atoms with E-state index in [0.29, 0.717) is 11.4 Å². The highest BCUT2D eigenvalue weighted by Gasteiger charge is 2.29. The molecule has 1 heterocycles. The largest absolute Gasteiger partial charge is 0.495 e. The summed E-state index contributed by atoms with van der Waals surface area (Å²) in [6.45, 7) is -0.414. The van der Waals surface area contributed by atoms with Gasteiger partial charge in [-0.3, -0.25) is 4.79 Å². The maximum atomic E-state index is 13.0. The van der Waals surface area contributed by atoms with Crippen LogP contribution in [0.5, 0.6) is 5.75 Å². The summed E-state index contributed by atoms with van der Waals surface area (Å²) < 4.78 is 32.3. The molecule has 2 aromatic carbocycles. The van der Waals surface area contributed by atoms with Crippen LogP contribution in [-0.2, 0) is 14.8 Å². The maximum Gasteiger partial charge on any atom is 0.266 e. The number of sulfonamides is 1. The molecule has 7 nitrogen and oxygen atoms in total. The molecule has 0 aliphatic rings. The van der Waals surface area contributed by atoms with Crippen LogP contribution in [0.2, 0.25) is 0 Å². The van der Waals surface area contributed by atoms with Gasteiger partial charge in [0.2, 0.25) is 5.91 Å². The zero-order chi connectivity index (χ0) is 19.3. The second-order valence-corrected chi connectivity index (χ2v) is 8.12. The Hall–Kier alpha value is -2.91. The summed E-state index contributed by atoms with van der Waals surface area (Å²) in [6.07, 6.45) is 1.49. The van der Waals surface area contributed by atoms with Gasteiger partial charge < -0.3 is 10.1 Å². The van der Waals surface area contributed by atoms with Crippen molar-refractivity contribution < 1.29 is 17.9 Å². The fourth-order valence-electron chi connectivity index (χ4n) is 2.38. The van der Waals surface area contributed by atoms with Crippen molar-refractivity contribution in [3.8, 4) is 5.75 Å². The number of aromatic nitrogens is 1. The van der Waals surface area contributed by atoms with E-state index < -0.39 is 22.5 Å². The molecule has 0 spiro atoms. The number of anilines is 2. The first kappa shape index (κ1) is 18.9. The van der Waals surface area contributed by atoms with Gasteiger partial charge in [0.05, 0.1) is 17.7 Å². The minimum absolute atomic E-state index is 0.0882. The van der Waals surface area contributed by atoms with E-state index in [9.17, 15) is 13.2 Å². The number of amides is 1. The van der Waals surface area contributed by atoms with Gasteiger partial charge in [0.15, 0.2) is 5.13 Å². The number of methoxy groups -OCH3 is 1. The van der Waals surface area contributed by atoms with E-state index in [1.165, 1.54) is 25.4 Å². The molecule has 0 atom stereocenters. The lowest BCUT2D eigenvalue weighted by Crippen LogP contribution is -2.38. The van der Waals surface area contributed by atoms with Gasteiger partial charge in [-0.2, -0.15) is 0 Å². The Morgan fingerprint density at radius 3 is 2.52 bits per heavy atom. The molecular formula is C18H17N3O4S2. The zero-order valence-corrected chi connectivity index (χ0v) is 16.0. The van der Waals surface area contributed by atoms with Crippen LogP contribution in [0.1, 0.15) is 0 Å². The standard InChI is InChI=1S/C18H17N3O4S2/c1-25-16-10-6-5-9-15(16)20-17(22)13-21(18-19-11-12-26-18)27(23,24)14-7-3-2-4-8-14/h2-12H,13H2,1H3,(H,20,22). The van der Waals surface area contributed by atoms with Crippen LogP contribution >= 0.6 is 11.3 Å². The van der Waals surface area contributed by atoms with Crippen molar-refractivity contribution in [2.75, 3.05) is 23.3 Å². The van der Waals surface area contributed by atoms with Gasteiger partial charge in [0, 0.05) is 11.6 Å². The minimum atomic E-state index is -3.94. The highest BCUT2D eigenvalue weighted by atomic mass is 32.2. The predicted octanol–water partition coefficient (Wildman–Crippen LogP) is 2.99. The van der Waals surface area contributed by atoms with Crippen LogP contribution < -0.4 is 14.4 Å². The summed E-state index contributed by atoms with van der Waals surface area (Å²) >= 11 is 1.14. The van der Waals surface area contributed by atoms with Crippen molar-refractivity contribution in [1.82, 2.24) is 4.98 Å². The number of carbonyl (C=O) groups is 1. The van der Waals surface area contributed by atoms with Gasteiger partial charge in [0.25, 0.3) is 10.0 Å². The van der Waals surface area contributed by atoms with Crippen molar-refractivity contribution in [3.63, 3.8) is 0 Å². The second-order valence-electron chi connectivity index (χ2n) is 5.39. The second kappa shape index (κ2) is 8.19. The first-order valence-corrected chi connectivity index (χ1v) is 10.2. The summed E-state index contributed by atoms with van der Waals surface area (Å²) in [5.41, 5.74) is 0.459. The fourth-order valence-corrected chi connectivity index (χ4v) is 4.65. The fraction of sp³-hybridized carbons (Fsp3) is 0.111. The minimum Gasteiger partial charge on any atom is -0.495 e. The molecule has 1 aromatic heterocycles. The van der Waals surface area contributed by atoms with Crippen molar-refractivity contribution >= 4 is 38.1 Å². The molecule has 0 unspecified atom stereocenters. The van der Waals surface area contributed by atoms with Crippen LogP contribution in [0.4, 0.5) is 10.8 Å². The molecule has 27 heavy (non-hydrogen) atoms. The number of rotatable bonds is 7. The molecule has 0 radical (unpaired) electrons. The smallest absolute Gasteiger partial charge is 0.266 e. The Kier molecular flexibility index (Phi) is 5.72. The van der Waals surface area contributed by atoms with Crippen molar-refractivity contribution in [2.45, 2.75) is 4.90 Å². The van der Waals surface area contributed by atoms with Crippen LogP contribution in [0.25, 0.3) is 0 Å². The third-order valence-corrected chi connectivity index (χ3v) is 6.29. The molecular weight excluding hydrogens is 386 g/mol. The van der Waals surface area contributed by atoms with Crippen molar-refractivity contribution in [3.05, 3.63) is 66.2 Å². The van der Waals surface area contributed by atoms with Crippen molar-refractivity contribution in [1.29, 1.82) is 0 Å². The predicted molar refractivity (Wildman–Crippen MR) is 105 cm³/mol. The third kappa shape index (κ3) is 4.26. The Balaban J connectivity index is 1.88. The van der Waals surface area contributed by atoms with Gasteiger partial charge in [0.1, 0.15) is 12.3 Å². The zero-order valence-electron chi connectivity index (χ0n) is 14.4. The van der Waals surface area contributed by atoms with E-state index in [2.05, 4.69) is 10.3 Å². The molecule has 0 saturated carbocycles. The molecule has 0 saturated heterocycles. The van der Waals surface area contributed by atoms with Gasteiger partial charge in [-0.1, -0.05) is 30.3 Å². The number of thiazole rings is 1. The van der Waals surface area contributed by atoms with Gasteiger partial charge in [-0.25, -0.2) is 17.7 Å². The SMILES string of the molecule is COc1ccccc1NC(=O)CN(c1nccs1)S(=O)(=O)c1ccccc1. The molecule has 0 aliphatic heterocycles. The molecule has 0 aliphatic carbocycles. The Morgan fingerprint density at radius 2 is 1.85 bits per heavy atom. The monoisotopic (exact) mass is 403 g/mol. The van der Waals surface area contributed by atoms with Crippen molar-refractivity contribution in [2.24, 2.45) is 0 Å². The number of hydrogen-bond donors (Lipinski definition) is 1. The summed E-state index contributed by atoms with van der Waals surface area (Å²) in [7, 11) is -2.45. The summed E-state index contributed by atoms with van der Waals surface area (Å²) in [5.74, 6) is -0.0215. The number of benzene rings is 2. The van der Waals surface area contributed by atoms with Gasteiger partial charge >= 0.3 is 0 Å². The third-order valence-electron chi connectivity index (χ3n) is 3.63. The normalized spacial score (nSPS) is 11.0. The lowest BCUT2D eigenvalue weighted by molar-refractivity contribution is -0.114. The average molecular weight is 403 g/mol. The Morgan fingerprint density at radius 1 is 1.15 bits per heavy atom. The molecule has 3 rings (SSSR count). The molecule has 0 fully saturated rings. The molecule has 140 valence electrons. The maximum absolute atomic E-state index is 13.0. The van der Waals surface area contributed by atoms with Crippen LogP contribution in [-0.4, -0.2) is 33.0 Å². The first-order valence-electron chi connectivity index (χ1n) is 7.92. The summed E-state index contributed by atoms with van der Waals surface area (Å²) in [5, 5.41) is 4.55. The van der Waals surface area contributed by atoms with Gasteiger partial charge in [-0.05, 0) is 24.3 Å². The van der Waals surface area contributed by atoms with E-state index in [4.69, 9.17) is 4.74 Å². The molecule has 9 heteroatoms. The lowest BCUT2D eigenvalue weighted by Gasteiger charge is -2.21.